The van der Waals surface area contributed by atoms with Crippen molar-refractivity contribution in [3.05, 3.63) is 47.8 Å². The van der Waals surface area contributed by atoms with Crippen molar-refractivity contribution in [1.29, 1.82) is 0 Å². The van der Waals surface area contributed by atoms with E-state index >= 15 is 0 Å². The first-order valence-electron chi connectivity index (χ1n) is 10.6. The molecule has 0 saturated carbocycles. The monoisotopic (exact) mass is 417 g/mol. The fourth-order valence-electron chi connectivity index (χ4n) is 3.66. The van der Waals surface area contributed by atoms with Crippen LogP contribution in [0.3, 0.4) is 0 Å². The summed E-state index contributed by atoms with van der Waals surface area (Å²) in [5, 5.41) is 6.01. The van der Waals surface area contributed by atoms with Gasteiger partial charge in [-0.25, -0.2) is 18.7 Å². The Morgan fingerprint density at radius 3 is 2.93 bits per heavy atom. The molecule has 1 aromatic carbocycles. The molecule has 1 aliphatic heterocycles. The van der Waals surface area contributed by atoms with Gasteiger partial charge in [0, 0.05) is 50.3 Å². The summed E-state index contributed by atoms with van der Waals surface area (Å²) >= 11 is 0. The molecule has 0 spiro atoms. The van der Waals surface area contributed by atoms with Gasteiger partial charge in [-0.15, -0.1) is 0 Å². The Hall–Kier alpha value is -2.77. The van der Waals surface area contributed by atoms with Crippen molar-refractivity contribution in [3.63, 3.8) is 0 Å². The van der Waals surface area contributed by atoms with Crippen LogP contribution in [0.2, 0.25) is 0 Å². The zero-order valence-corrected chi connectivity index (χ0v) is 17.3. The molecule has 30 heavy (non-hydrogen) atoms. The van der Waals surface area contributed by atoms with E-state index in [9.17, 15) is 13.6 Å². The van der Waals surface area contributed by atoms with E-state index in [1.807, 2.05) is 6.07 Å². The molecular formula is C22H29F2N5O. The van der Waals surface area contributed by atoms with E-state index in [0.717, 1.165) is 63.0 Å². The van der Waals surface area contributed by atoms with Gasteiger partial charge in [-0.3, -0.25) is 4.79 Å². The third-order valence-electron chi connectivity index (χ3n) is 5.32. The smallest absolute Gasteiger partial charge is 0.220 e. The molecule has 2 N–H and O–H groups in total. The number of anilines is 2. The molecule has 1 amide bonds. The number of carbonyl (C=O) groups excluding carboxylic acids is 1. The lowest BCUT2D eigenvalue weighted by Gasteiger charge is -2.33. The summed E-state index contributed by atoms with van der Waals surface area (Å²) in [6, 6.07) is 5.35. The first-order chi connectivity index (χ1) is 14.5. The molecule has 1 aliphatic rings. The van der Waals surface area contributed by atoms with Gasteiger partial charge in [0.1, 0.15) is 29.6 Å². The van der Waals surface area contributed by atoms with Gasteiger partial charge in [0.2, 0.25) is 5.91 Å². The summed E-state index contributed by atoms with van der Waals surface area (Å²) < 4.78 is 26.6. The number of halogens is 2. The van der Waals surface area contributed by atoms with Crippen LogP contribution in [-0.4, -0.2) is 35.5 Å². The van der Waals surface area contributed by atoms with E-state index in [4.69, 9.17) is 0 Å². The maximum Gasteiger partial charge on any atom is 0.220 e. The quantitative estimate of drug-likeness (QED) is 0.648. The SMILES string of the molecule is CCCNc1cc(N2CCC[C@H](CCC(=O)NCc3ccc(F)cc3F)C2)ncn1. The number of carbonyl (C=O) groups is 1. The lowest BCUT2D eigenvalue weighted by atomic mass is 9.93. The number of hydrogen-bond acceptors (Lipinski definition) is 5. The Morgan fingerprint density at radius 2 is 2.13 bits per heavy atom. The molecule has 1 atom stereocenters. The third kappa shape index (κ3) is 6.37. The van der Waals surface area contributed by atoms with Crippen LogP contribution < -0.4 is 15.5 Å². The summed E-state index contributed by atoms with van der Waals surface area (Å²) in [6.07, 6.45) is 5.88. The van der Waals surface area contributed by atoms with E-state index in [1.54, 1.807) is 6.33 Å². The first-order valence-corrected chi connectivity index (χ1v) is 10.6. The second-order valence-electron chi connectivity index (χ2n) is 7.69. The Morgan fingerprint density at radius 1 is 1.27 bits per heavy atom. The highest BCUT2D eigenvalue weighted by molar-refractivity contribution is 5.75. The van der Waals surface area contributed by atoms with Crippen LogP contribution in [0.25, 0.3) is 0 Å². The van der Waals surface area contributed by atoms with Gasteiger partial charge in [0.15, 0.2) is 0 Å². The van der Waals surface area contributed by atoms with Crippen LogP contribution in [0, 0.1) is 17.6 Å². The number of hydrogen-bond donors (Lipinski definition) is 2. The molecule has 1 fully saturated rings. The number of piperidine rings is 1. The van der Waals surface area contributed by atoms with Gasteiger partial charge in [-0.1, -0.05) is 13.0 Å². The number of aromatic nitrogens is 2. The zero-order valence-electron chi connectivity index (χ0n) is 17.3. The van der Waals surface area contributed by atoms with Crippen LogP contribution >= 0.6 is 0 Å². The Balaban J connectivity index is 1.46. The highest BCUT2D eigenvalue weighted by atomic mass is 19.1. The highest BCUT2D eigenvalue weighted by Crippen LogP contribution is 2.25. The second-order valence-corrected chi connectivity index (χ2v) is 7.69. The lowest BCUT2D eigenvalue weighted by molar-refractivity contribution is -0.121. The predicted molar refractivity (Wildman–Crippen MR) is 113 cm³/mol. The van der Waals surface area contributed by atoms with E-state index < -0.39 is 11.6 Å². The van der Waals surface area contributed by atoms with Gasteiger partial charge < -0.3 is 15.5 Å². The molecule has 2 aromatic rings. The fourth-order valence-corrected chi connectivity index (χ4v) is 3.66. The molecule has 1 aromatic heterocycles. The van der Waals surface area contributed by atoms with Gasteiger partial charge in [0.25, 0.3) is 0 Å². The molecule has 0 radical (unpaired) electrons. The van der Waals surface area contributed by atoms with E-state index in [0.29, 0.717) is 12.3 Å². The highest BCUT2D eigenvalue weighted by Gasteiger charge is 2.22. The van der Waals surface area contributed by atoms with Crippen molar-refractivity contribution in [1.82, 2.24) is 15.3 Å². The second kappa shape index (κ2) is 10.8. The van der Waals surface area contributed by atoms with Crippen molar-refractivity contribution in [2.45, 2.75) is 45.6 Å². The van der Waals surface area contributed by atoms with Crippen molar-refractivity contribution < 1.29 is 13.6 Å². The normalized spacial score (nSPS) is 16.4. The lowest BCUT2D eigenvalue weighted by Crippen LogP contribution is -2.36. The Kier molecular flexibility index (Phi) is 7.93. The molecule has 3 rings (SSSR count). The third-order valence-corrected chi connectivity index (χ3v) is 5.32. The molecule has 2 heterocycles. The van der Waals surface area contributed by atoms with Gasteiger partial charge in [-0.2, -0.15) is 0 Å². The molecule has 1 saturated heterocycles. The average molecular weight is 418 g/mol. The molecule has 0 unspecified atom stereocenters. The van der Waals surface area contributed by atoms with Crippen LogP contribution in [0.5, 0.6) is 0 Å². The minimum Gasteiger partial charge on any atom is -0.370 e. The molecule has 8 heteroatoms. The molecule has 0 bridgehead atoms. The van der Waals surface area contributed by atoms with Gasteiger partial charge in [-0.05, 0) is 37.7 Å². The average Bonchev–Trinajstić information content (AvgIpc) is 2.76. The van der Waals surface area contributed by atoms with Crippen molar-refractivity contribution in [2.75, 3.05) is 29.9 Å². The molecule has 6 nitrogen and oxygen atoms in total. The number of rotatable bonds is 9. The maximum atomic E-state index is 13.7. The summed E-state index contributed by atoms with van der Waals surface area (Å²) in [4.78, 5) is 23.1. The minimum absolute atomic E-state index is 0.0657. The predicted octanol–water partition coefficient (Wildman–Crippen LogP) is 3.89. The van der Waals surface area contributed by atoms with E-state index in [2.05, 4.69) is 32.4 Å². The molecule has 0 aliphatic carbocycles. The number of benzene rings is 1. The summed E-state index contributed by atoms with van der Waals surface area (Å²) in [5.41, 5.74) is 0.282. The number of nitrogens with zero attached hydrogens (tertiary/aromatic N) is 3. The summed E-state index contributed by atoms with van der Waals surface area (Å²) in [6.45, 7) is 4.84. The number of amides is 1. The van der Waals surface area contributed by atoms with Gasteiger partial charge in [0.05, 0.1) is 0 Å². The van der Waals surface area contributed by atoms with Gasteiger partial charge >= 0.3 is 0 Å². The largest absolute Gasteiger partial charge is 0.370 e. The molecular weight excluding hydrogens is 388 g/mol. The van der Waals surface area contributed by atoms with Crippen LogP contribution in [0.4, 0.5) is 20.4 Å². The van der Waals surface area contributed by atoms with Crippen LogP contribution in [-0.2, 0) is 11.3 Å². The first kappa shape index (κ1) is 21.9. The maximum absolute atomic E-state index is 13.7. The van der Waals surface area contributed by atoms with Crippen molar-refractivity contribution >= 4 is 17.5 Å². The minimum atomic E-state index is -0.643. The summed E-state index contributed by atoms with van der Waals surface area (Å²) in [7, 11) is 0. The Bertz CT molecular complexity index is 848. The van der Waals surface area contributed by atoms with Crippen LogP contribution in [0.15, 0.2) is 30.6 Å². The topological polar surface area (TPSA) is 70.2 Å². The number of nitrogens with one attached hydrogen (secondary N) is 2. The molecule has 162 valence electrons. The van der Waals surface area contributed by atoms with Crippen LogP contribution in [0.1, 0.15) is 44.6 Å². The zero-order chi connectivity index (χ0) is 21.3. The fraction of sp³-hybridized carbons (Fsp3) is 0.500. The van der Waals surface area contributed by atoms with E-state index in [1.165, 1.54) is 12.1 Å². The van der Waals surface area contributed by atoms with Crippen molar-refractivity contribution in [3.8, 4) is 0 Å². The Labute approximate surface area is 176 Å². The standard InChI is InChI=1S/C22H29F2N5O/c1-2-9-25-20-12-21(28-15-27-20)29-10-3-4-16(14-29)5-8-22(30)26-13-17-6-7-18(23)11-19(17)24/h6-7,11-12,15-16H,2-5,8-10,13-14H2,1H3,(H,26,30)(H,25,27,28)/t16-/m1/s1. The van der Waals surface area contributed by atoms with Crippen molar-refractivity contribution in [2.24, 2.45) is 5.92 Å². The summed E-state index contributed by atoms with van der Waals surface area (Å²) in [5.74, 6) is 0.746. The van der Waals surface area contributed by atoms with E-state index in [-0.39, 0.29) is 18.0 Å².